The Bertz CT molecular complexity index is 741. The number of amides is 1. The Morgan fingerprint density at radius 2 is 1.61 bits per heavy atom. The van der Waals surface area contributed by atoms with Gasteiger partial charge in [0, 0.05) is 23.0 Å². The molecule has 1 heterocycles. The summed E-state index contributed by atoms with van der Waals surface area (Å²) in [6, 6.07) is 4.89. The van der Waals surface area contributed by atoms with Crippen molar-refractivity contribution >= 4 is 5.91 Å². The van der Waals surface area contributed by atoms with Crippen LogP contribution in [0.2, 0.25) is 0 Å². The average Bonchev–Trinajstić information content (AvgIpc) is 2.69. The Labute approximate surface area is 132 Å². The van der Waals surface area contributed by atoms with Gasteiger partial charge in [-0.2, -0.15) is 13.2 Å². The van der Waals surface area contributed by atoms with Gasteiger partial charge in [-0.25, -0.2) is 0 Å². The van der Waals surface area contributed by atoms with E-state index in [1.54, 1.807) is 6.92 Å². The Morgan fingerprint density at radius 1 is 1.09 bits per heavy atom. The lowest BCUT2D eigenvalue weighted by atomic mass is 9.99. The summed E-state index contributed by atoms with van der Waals surface area (Å²) < 4.78 is 40.1. The molecule has 2 rings (SSSR count). The Kier molecular flexibility index (Phi) is 4.28. The zero-order valence-electron chi connectivity index (χ0n) is 13.5. The lowest BCUT2D eigenvalue weighted by molar-refractivity contribution is -0.137. The van der Waals surface area contributed by atoms with Crippen LogP contribution in [-0.2, 0) is 6.18 Å². The van der Waals surface area contributed by atoms with E-state index in [4.69, 9.17) is 5.73 Å². The number of halogens is 3. The maximum atomic E-state index is 12.7. The first-order chi connectivity index (χ1) is 10.6. The van der Waals surface area contributed by atoms with E-state index in [1.165, 1.54) is 12.1 Å². The fraction of sp³-hybridized carbons (Fsp3) is 0.353. The molecule has 3 nitrogen and oxygen atoms in total. The van der Waals surface area contributed by atoms with Crippen molar-refractivity contribution in [2.75, 3.05) is 0 Å². The minimum atomic E-state index is -4.39. The Balaban J connectivity index is 2.68. The molecule has 0 fully saturated rings. The van der Waals surface area contributed by atoms with Gasteiger partial charge < -0.3 is 10.3 Å². The van der Waals surface area contributed by atoms with Crippen molar-refractivity contribution in [3.05, 3.63) is 46.8 Å². The van der Waals surface area contributed by atoms with Crippen LogP contribution in [0.1, 0.15) is 47.2 Å². The molecule has 1 amide bonds. The number of carbonyl (C=O) groups excluding carboxylic acids is 1. The molecule has 6 heteroatoms. The van der Waals surface area contributed by atoms with Gasteiger partial charge in [-0.1, -0.05) is 12.1 Å². The molecule has 124 valence electrons. The van der Waals surface area contributed by atoms with Crippen LogP contribution in [0.15, 0.2) is 24.3 Å². The third-order valence-electron chi connectivity index (χ3n) is 3.96. The maximum absolute atomic E-state index is 12.7. The van der Waals surface area contributed by atoms with Crippen molar-refractivity contribution < 1.29 is 18.0 Å². The highest BCUT2D eigenvalue weighted by atomic mass is 19.4. The molecule has 2 aromatic rings. The van der Waals surface area contributed by atoms with E-state index >= 15 is 0 Å². The van der Waals surface area contributed by atoms with Gasteiger partial charge in [0.1, 0.15) is 0 Å². The maximum Gasteiger partial charge on any atom is 0.416 e. The molecule has 1 aromatic heterocycles. The van der Waals surface area contributed by atoms with E-state index in [0.717, 1.165) is 23.5 Å². The van der Waals surface area contributed by atoms with Gasteiger partial charge in [0.2, 0.25) is 0 Å². The highest BCUT2D eigenvalue weighted by molar-refractivity contribution is 6.02. The first kappa shape index (κ1) is 17.1. The van der Waals surface area contributed by atoms with Crippen LogP contribution in [0, 0.1) is 13.8 Å². The minimum Gasteiger partial charge on any atom is -0.366 e. The summed E-state index contributed by atoms with van der Waals surface area (Å²) in [5.74, 6) is -0.583. The quantitative estimate of drug-likeness (QED) is 0.889. The molecule has 2 N–H and O–H groups in total. The summed E-state index contributed by atoms with van der Waals surface area (Å²) >= 11 is 0. The van der Waals surface area contributed by atoms with Crippen LogP contribution in [0.5, 0.6) is 0 Å². The minimum absolute atomic E-state index is 0.108. The van der Waals surface area contributed by atoms with Crippen molar-refractivity contribution in [3.8, 4) is 11.1 Å². The van der Waals surface area contributed by atoms with Gasteiger partial charge >= 0.3 is 6.18 Å². The second-order valence-corrected chi connectivity index (χ2v) is 5.82. The monoisotopic (exact) mass is 324 g/mol. The number of aromatic nitrogens is 1. The predicted octanol–water partition coefficient (Wildman–Crippen LogP) is 4.47. The number of hydrogen-bond donors (Lipinski definition) is 1. The highest BCUT2D eigenvalue weighted by Gasteiger charge is 2.30. The standard InChI is InChI=1S/C17H19F3N2O/c1-9(2)22-10(3)14(15(11(22)4)16(21)23)12-5-7-13(8-6-12)17(18,19)20/h5-9H,1-4H3,(H2,21,23). The van der Waals surface area contributed by atoms with Gasteiger partial charge in [0.25, 0.3) is 5.91 Å². The Hall–Kier alpha value is -2.24. The fourth-order valence-electron chi connectivity index (χ4n) is 3.11. The molecular weight excluding hydrogens is 305 g/mol. The van der Waals surface area contributed by atoms with E-state index in [-0.39, 0.29) is 6.04 Å². The number of alkyl halides is 3. The molecule has 0 aliphatic heterocycles. The summed E-state index contributed by atoms with van der Waals surface area (Å²) in [7, 11) is 0. The zero-order chi connectivity index (χ0) is 17.5. The van der Waals surface area contributed by atoms with Crippen molar-refractivity contribution in [1.82, 2.24) is 4.57 Å². The molecule has 1 aromatic carbocycles. The lowest BCUT2D eigenvalue weighted by Crippen LogP contribution is -2.14. The molecule has 0 radical (unpaired) electrons. The first-order valence-corrected chi connectivity index (χ1v) is 7.24. The molecule has 0 aliphatic rings. The number of hydrogen-bond acceptors (Lipinski definition) is 1. The number of nitrogens with two attached hydrogens (primary N) is 1. The molecule has 0 saturated carbocycles. The summed E-state index contributed by atoms with van der Waals surface area (Å²) in [5.41, 5.74) is 7.81. The van der Waals surface area contributed by atoms with Gasteiger partial charge in [-0.15, -0.1) is 0 Å². The molecule has 0 atom stereocenters. The molecule has 23 heavy (non-hydrogen) atoms. The van der Waals surface area contributed by atoms with Crippen LogP contribution < -0.4 is 5.73 Å². The van der Waals surface area contributed by atoms with Crippen molar-refractivity contribution in [3.63, 3.8) is 0 Å². The van der Waals surface area contributed by atoms with Crippen LogP contribution in [0.4, 0.5) is 13.2 Å². The van der Waals surface area contributed by atoms with Crippen LogP contribution in [0.25, 0.3) is 11.1 Å². The van der Waals surface area contributed by atoms with E-state index in [0.29, 0.717) is 16.7 Å². The van der Waals surface area contributed by atoms with Crippen molar-refractivity contribution in [1.29, 1.82) is 0 Å². The van der Waals surface area contributed by atoms with Gasteiger partial charge in [0.15, 0.2) is 0 Å². The van der Waals surface area contributed by atoms with Crippen molar-refractivity contribution in [2.24, 2.45) is 5.73 Å². The molecule has 0 bridgehead atoms. The molecule has 0 aliphatic carbocycles. The van der Waals surface area contributed by atoms with Crippen molar-refractivity contribution in [2.45, 2.75) is 39.9 Å². The number of benzene rings is 1. The van der Waals surface area contributed by atoms with Gasteiger partial charge in [-0.05, 0) is 45.4 Å². The van der Waals surface area contributed by atoms with Gasteiger partial charge in [-0.3, -0.25) is 4.79 Å². The number of rotatable bonds is 3. The molecule has 0 spiro atoms. The van der Waals surface area contributed by atoms with E-state index < -0.39 is 17.6 Å². The second-order valence-electron chi connectivity index (χ2n) is 5.82. The van der Waals surface area contributed by atoms with Gasteiger partial charge in [0.05, 0.1) is 11.1 Å². The van der Waals surface area contributed by atoms with E-state index in [9.17, 15) is 18.0 Å². The average molecular weight is 324 g/mol. The zero-order valence-corrected chi connectivity index (χ0v) is 13.5. The smallest absolute Gasteiger partial charge is 0.366 e. The highest BCUT2D eigenvalue weighted by Crippen LogP contribution is 2.36. The summed E-state index contributed by atoms with van der Waals surface area (Å²) in [4.78, 5) is 11.9. The fourth-order valence-corrected chi connectivity index (χ4v) is 3.11. The largest absolute Gasteiger partial charge is 0.416 e. The summed E-state index contributed by atoms with van der Waals surface area (Å²) in [5, 5.41) is 0. The van der Waals surface area contributed by atoms with Crippen LogP contribution in [0.3, 0.4) is 0 Å². The van der Waals surface area contributed by atoms with Crippen LogP contribution in [-0.4, -0.2) is 10.5 Å². The first-order valence-electron chi connectivity index (χ1n) is 7.24. The molecule has 0 unspecified atom stereocenters. The predicted molar refractivity (Wildman–Crippen MR) is 83.2 cm³/mol. The lowest BCUT2D eigenvalue weighted by Gasteiger charge is -2.14. The SMILES string of the molecule is Cc1c(C(N)=O)c(-c2ccc(C(F)(F)F)cc2)c(C)n1C(C)C. The number of primary amides is 1. The molecule has 0 saturated heterocycles. The molecular formula is C17H19F3N2O. The van der Waals surface area contributed by atoms with E-state index in [1.807, 2.05) is 25.3 Å². The third-order valence-corrected chi connectivity index (χ3v) is 3.96. The topological polar surface area (TPSA) is 48.0 Å². The summed E-state index contributed by atoms with van der Waals surface area (Å²) in [6.07, 6.45) is -4.39. The number of carbonyl (C=O) groups is 1. The third kappa shape index (κ3) is 2.98. The van der Waals surface area contributed by atoms with E-state index in [2.05, 4.69) is 0 Å². The number of nitrogens with zero attached hydrogens (tertiary/aromatic N) is 1. The Morgan fingerprint density at radius 3 is 2.00 bits per heavy atom. The second kappa shape index (κ2) is 5.76. The normalized spacial score (nSPS) is 12.0. The van der Waals surface area contributed by atoms with Crippen LogP contribution >= 0.6 is 0 Å². The summed E-state index contributed by atoms with van der Waals surface area (Å²) in [6.45, 7) is 7.58.